The first-order valence-electron chi connectivity index (χ1n) is 13.8. The summed E-state index contributed by atoms with van der Waals surface area (Å²) in [5.41, 5.74) is 0.701. The molecule has 4 heterocycles. The number of aromatic nitrogens is 1. The first-order valence-corrected chi connectivity index (χ1v) is 15.7. The molecule has 1 N–H and O–H groups in total. The van der Waals surface area contributed by atoms with E-state index in [1.54, 1.807) is 15.5 Å². The summed E-state index contributed by atoms with van der Waals surface area (Å²) in [6, 6.07) is 9.34. The highest BCUT2D eigenvalue weighted by molar-refractivity contribution is 7.91. The van der Waals surface area contributed by atoms with Crippen LogP contribution >= 0.6 is 0 Å². The van der Waals surface area contributed by atoms with Crippen molar-refractivity contribution >= 4 is 32.7 Å². The van der Waals surface area contributed by atoms with Crippen molar-refractivity contribution in [2.24, 2.45) is 0 Å². The normalized spacial score (nSPS) is 26.2. The monoisotopic (exact) mass is 558 g/mol. The van der Waals surface area contributed by atoms with E-state index in [0.29, 0.717) is 19.5 Å². The maximum Gasteiger partial charge on any atom is 0.409 e. The van der Waals surface area contributed by atoms with Gasteiger partial charge in [0.05, 0.1) is 30.2 Å². The SMILES string of the molecule is COC(=O)N(CCN1[C@@H]2CC[C@H]1CC(NC(=O)c1cc3ccccc3n(C(C)C)c1=O)C2)[C@@H]1CCS(=O)(=O)C1. The Morgan fingerprint density at radius 3 is 2.44 bits per heavy atom. The number of rotatable bonds is 7. The lowest BCUT2D eigenvalue weighted by atomic mass is 9.96. The molecule has 0 spiro atoms. The van der Waals surface area contributed by atoms with Crippen molar-refractivity contribution in [3.8, 4) is 0 Å². The molecule has 0 radical (unpaired) electrons. The second-order valence-corrected chi connectivity index (χ2v) is 13.6. The second kappa shape index (κ2) is 10.9. The first kappa shape index (κ1) is 27.6. The zero-order valence-corrected chi connectivity index (χ0v) is 23.7. The molecule has 212 valence electrons. The smallest absolute Gasteiger partial charge is 0.409 e. The van der Waals surface area contributed by atoms with Crippen LogP contribution in [0.1, 0.15) is 62.4 Å². The molecule has 3 fully saturated rings. The number of hydrogen-bond donors (Lipinski definition) is 1. The molecule has 3 aliphatic rings. The summed E-state index contributed by atoms with van der Waals surface area (Å²) in [4.78, 5) is 43.1. The number of para-hydroxylation sites is 1. The molecule has 5 rings (SSSR count). The highest BCUT2D eigenvalue weighted by atomic mass is 32.2. The fourth-order valence-corrected chi connectivity index (χ4v) is 8.50. The van der Waals surface area contributed by atoms with Gasteiger partial charge >= 0.3 is 6.09 Å². The molecule has 1 aromatic heterocycles. The van der Waals surface area contributed by atoms with Gasteiger partial charge in [0.15, 0.2) is 9.84 Å². The summed E-state index contributed by atoms with van der Waals surface area (Å²) in [6.07, 6.45) is 3.49. The van der Waals surface area contributed by atoms with Gasteiger partial charge < -0.3 is 19.5 Å². The maximum atomic E-state index is 13.3. The van der Waals surface area contributed by atoms with Crippen molar-refractivity contribution in [2.75, 3.05) is 31.7 Å². The summed E-state index contributed by atoms with van der Waals surface area (Å²) in [5.74, 6) is -0.255. The minimum atomic E-state index is -3.13. The second-order valence-electron chi connectivity index (χ2n) is 11.4. The number of benzene rings is 1. The van der Waals surface area contributed by atoms with Gasteiger partial charge in [0, 0.05) is 37.3 Å². The van der Waals surface area contributed by atoms with Crippen LogP contribution in [0.5, 0.6) is 0 Å². The van der Waals surface area contributed by atoms with Crippen molar-refractivity contribution in [3.05, 3.63) is 46.2 Å². The van der Waals surface area contributed by atoms with Crippen molar-refractivity contribution in [1.29, 1.82) is 0 Å². The minimum absolute atomic E-state index is 0.0175. The Labute approximate surface area is 229 Å². The molecule has 10 nitrogen and oxygen atoms in total. The Hall–Kier alpha value is -2.92. The molecule has 2 aromatic rings. The number of fused-ring (bicyclic) bond motifs is 3. The van der Waals surface area contributed by atoms with Crippen LogP contribution in [-0.2, 0) is 14.6 Å². The molecule has 4 atom stereocenters. The number of amides is 2. The maximum absolute atomic E-state index is 13.3. The summed E-state index contributed by atoms with van der Waals surface area (Å²) < 4.78 is 30.6. The van der Waals surface area contributed by atoms with Crippen LogP contribution in [0, 0.1) is 0 Å². The number of piperidine rings is 1. The Bertz CT molecular complexity index is 1410. The lowest BCUT2D eigenvalue weighted by molar-refractivity contribution is 0.0718. The Balaban J connectivity index is 1.25. The van der Waals surface area contributed by atoms with E-state index in [4.69, 9.17) is 4.74 Å². The number of ether oxygens (including phenoxy) is 1. The first-order chi connectivity index (χ1) is 18.6. The standard InChI is InChI=1S/C28H38N4O6S/c1-18(2)32-25-7-5-4-6-19(25)14-24(27(32)34)26(33)29-20-15-21-8-9-22(16-20)30(21)11-12-31(28(35)38-3)23-10-13-39(36,37)17-23/h4-7,14,18,20-23H,8-13,15-17H2,1-3H3,(H,29,33)/t20?,21-,22+,23-/m1/s1. The number of methoxy groups -OCH3 is 1. The van der Waals surface area contributed by atoms with Gasteiger partial charge in [0.1, 0.15) is 5.56 Å². The number of carbonyl (C=O) groups is 2. The lowest BCUT2D eigenvalue weighted by Gasteiger charge is -2.40. The average Bonchev–Trinajstić information content (AvgIpc) is 3.37. The van der Waals surface area contributed by atoms with E-state index in [2.05, 4.69) is 10.2 Å². The number of carbonyl (C=O) groups excluding carboxylic acids is 2. The van der Waals surface area contributed by atoms with Gasteiger partial charge in [-0.2, -0.15) is 0 Å². The number of pyridine rings is 1. The quantitative estimate of drug-likeness (QED) is 0.555. The largest absolute Gasteiger partial charge is 0.453 e. The molecule has 3 aliphatic heterocycles. The van der Waals surface area contributed by atoms with E-state index in [1.807, 2.05) is 38.1 Å². The van der Waals surface area contributed by atoms with Gasteiger partial charge in [-0.05, 0) is 63.5 Å². The summed E-state index contributed by atoms with van der Waals surface area (Å²) >= 11 is 0. The van der Waals surface area contributed by atoms with Crippen molar-refractivity contribution < 1.29 is 22.7 Å². The molecular weight excluding hydrogens is 520 g/mol. The van der Waals surface area contributed by atoms with Gasteiger partial charge in [-0.1, -0.05) is 18.2 Å². The summed E-state index contributed by atoms with van der Waals surface area (Å²) in [7, 11) is -1.80. The van der Waals surface area contributed by atoms with Crippen LogP contribution in [-0.4, -0.2) is 90.7 Å². The minimum Gasteiger partial charge on any atom is -0.453 e. The summed E-state index contributed by atoms with van der Waals surface area (Å²) in [5, 5.41) is 4.00. The molecule has 2 bridgehead atoms. The van der Waals surface area contributed by atoms with E-state index < -0.39 is 15.9 Å². The topological polar surface area (TPSA) is 118 Å². The Morgan fingerprint density at radius 2 is 1.82 bits per heavy atom. The molecule has 0 saturated carbocycles. The van der Waals surface area contributed by atoms with Crippen LogP contribution < -0.4 is 10.9 Å². The molecule has 39 heavy (non-hydrogen) atoms. The van der Waals surface area contributed by atoms with E-state index in [0.717, 1.165) is 36.6 Å². The van der Waals surface area contributed by atoms with Crippen LogP contribution in [0.4, 0.5) is 4.79 Å². The van der Waals surface area contributed by atoms with E-state index in [9.17, 15) is 22.8 Å². The fourth-order valence-electron chi connectivity index (χ4n) is 6.77. The zero-order chi connectivity index (χ0) is 27.9. The molecule has 3 saturated heterocycles. The zero-order valence-electron chi connectivity index (χ0n) is 22.8. The van der Waals surface area contributed by atoms with Gasteiger partial charge in [0.2, 0.25) is 0 Å². The van der Waals surface area contributed by atoms with Crippen molar-refractivity contribution in [3.63, 3.8) is 0 Å². The third-order valence-electron chi connectivity index (χ3n) is 8.58. The van der Waals surface area contributed by atoms with Crippen LogP contribution in [0.25, 0.3) is 10.9 Å². The van der Waals surface area contributed by atoms with Crippen LogP contribution in [0.15, 0.2) is 35.1 Å². The van der Waals surface area contributed by atoms with Gasteiger partial charge in [0.25, 0.3) is 11.5 Å². The predicted octanol–water partition coefficient (Wildman–Crippen LogP) is 2.56. The summed E-state index contributed by atoms with van der Waals surface area (Å²) in [6.45, 7) is 4.92. The van der Waals surface area contributed by atoms with Gasteiger partial charge in [-0.3, -0.25) is 14.5 Å². The molecule has 11 heteroatoms. The Morgan fingerprint density at radius 1 is 1.13 bits per heavy atom. The van der Waals surface area contributed by atoms with Crippen LogP contribution in [0.2, 0.25) is 0 Å². The molecule has 1 aromatic carbocycles. The highest BCUT2D eigenvalue weighted by Crippen LogP contribution is 2.36. The number of nitrogens with one attached hydrogen (secondary N) is 1. The lowest BCUT2D eigenvalue weighted by Crippen LogP contribution is -2.53. The number of hydrogen-bond acceptors (Lipinski definition) is 7. The number of sulfone groups is 1. The molecule has 0 aliphatic carbocycles. The number of nitrogens with zero attached hydrogens (tertiary/aromatic N) is 3. The highest BCUT2D eigenvalue weighted by Gasteiger charge is 2.42. The van der Waals surface area contributed by atoms with Crippen molar-refractivity contribution in [2.45, 2.75) is 76.2 Å². The average molecular weight is 559 g/mol. The van der Waals surface area contributed by atoms with E-state index in [-0.39, 0.29) is 58.7 Å². The van der Waals surface area contributed by atoms with Gasteiger partial charge in [-0.15, -0.1) is 0 Å². The molecule has 1 unspecified atom stereocenters. The third-order valence-corrected chi connectivity index (χ3v) is 10.3. The third kappa shape index (κ3) is 5.56. The predicted molar refractivity (Wildman–Crippen MR) is 149 cm³/mol. The Kier molecular flexibility index (Phi) is 7.74. The molecule has 2 amide bonds. The van der Waals surface area contributed by atoms with E-state index in [1.165, 1.54) is 7.11 Å². The van der Waals surface area contributed by atoms with Crippen LogP contribution in [0.3, 0.4) is 0 Å². The van der Waals surface area contributed by atoms with Crippen molar-refractivity contribution in [1.82, 2.24) is 19.7 Å². The van der Waals surface area contributed by atoms with E-state index >= 15 is 0 Å². The van der Waals surface area contributed by atoms with Gasteiger partial charge in [-0.25, -0.2) is 13.2 Å². The molecular formula is C28H38N4O6S. The fraction of sp³-hybridized carbons (Fsp3) is 0.607.